The standard InChI is InChI=1S/C14H18N2O4/c17-8-6-12(14(19)20)16-13(18)10-3-1-5-11-9(10)4-2-7-15-11/h1,3,5,12,15,17H,2,4,6-8H2,(H,16,18)(H,19,20)/t12-/m1/s1. The van der Waals surface area contributed by atoms with Crippen LogP contribution in [0.15, 0.2) is 18.2 Å². The van der Waals surface area contributed by atoms with Gasteiger partial charge in [-0.05, 0) is 30.5 Å². The van der Waals surface area contributed by atoms with Gasteiger partial charge in [-0.1, -0.05) is 6.07 Å². The first-order chi connectivity index (χ1) is 9.63. The van der Waals surface area contributed by atoms with Gasteiger partial charge in [0.05, 0.1) is 0 Å². The van der Waals surface area contributed by atoms with Crippen LogP contribution in [0.1, 0.15) is 28.8 Å². The first-order valence-corrected chi connectivity index (χ1v) is 6.63. The van der Waals surface area contributed by atoms with E-state index in [-0.39, 0.29) is 13.0 Å². The second-order valence-corrected chi connectivity index (χ2v) is 4.74. The van der Waals surface area contributed by atoms with Gasteiger partial charge in [-0.2, -0.15) is 0 Å². The predicted molar refractivity (Wildman–Crippen MR) is 73.8 cm³/mol. The van der Waals surface area contributed by atoms with Crippen molar-refractivity contribution in [1.82, 2.24) is 5.32 Å². The monoisotopic (exact) mass is 278 g/mol. The molecule has 6 nitrogen and oxygen atoms in total. The van der Waals surface area contributed by atoms with Gasteiger partial charge in [0.1, 0.15) is 6.04 Å². The molecule has 0 saturated carbocycles. The van der Waals surface area contributed by atoms with E-state index in [1.165, 1.54) is 0 Å². The Morgan fingerprint density at radius 2 is 2.20 bits per heavy atom. The topological polar surface area (TPSA) is 98.7 Å². The molecule has 0 saturated heterocycles. The van der Waals surface area contributed by atoms with Crippen molar-refractivity contribution in [3.8, 4) is 0 Å². The van der Waals surface area contributed by atoms with E-state index < -0.39 is 17.9 Å². The van der Waals surface area contributed by atoms with Gasteiger partial charge in [0.15, 0.2) is 0 Å². The number of aliphatic hydroxyl groups is 1. The van der Waals surface area contributed by atoms with Crippen molar-refractivity contribution in [1.29, 1.82) is 0 Å². The molecule has 0 radical (unpaired) electrons. The van der Waals surface area contributed by atoms with E-state index in [1.54, 1.807) is 12.1 Å². The van der Waals surface area contributed by atoms with Crippen LogP contribution in [0.4, 0.5) is 5.69 Å². The van der Waals surface area contributed by atoms with Crippen molar-refractivity contribution in [3.63, 3.8) is 0 Å². The highest BCUT2D eigenvalue weighted by molar-refractivity contribution is 5.99. The molecule has 2 rings (SSSR count). The molecule has 0 aliphatic carbocycles. The number of rotatable bonds is 5. The maximum atomic E-state index is 12.2. The van der Waals surface area contributed by atoms with Crippen molar-refractivity contribution in [3.05, 3.63) is 29.3 Å². The molecule has 1 atom stereocenters. The first kappa shape index (κ1) is 14.3. The van der Waals surface area contributed by atoms with Gasteiger partial charge in [0.25, 0.3) is 5.91 Å². The average molecular weight is 278 g/mol. The number of carbonyl (C=O) groups is 2. The summed E-state index contributed by atoms with van der Waals surface area (Å²) in [6.45, 7) is 0.589. The Labute approximate surface area is 116 Å². The predicted octanol–water partition coefficient (Wildman–Crippen LogP) is 0.610. The molecule has 1 aliphatic rings. The first-order valence-electron chi connectivity index (χ1n) is 6.63. The number of hydrogen-bond acceptors (Lipinski definition) is 4. The molecule has 0 spiro atoms. The number of carboxylic acids is 1. The van der Waals surface area contributed by atoms with Crippen molar-refractivity contribution >= 4 is 17.6 Å². The fraction of sp³-hybridized carbons (Fsp3) is 0.429. The molecular formula is C14H18N2O4. The van der Waals surface area contributed by atoms with Gasteiger partial charge < -0.3 is 20.8 Å². The summed E-state index contributed by atoms with van der Waals surface area (Å²) in [6, 6.07) is 4.31. The Bertz CT molecular complexity index is 516. The summed E-state index contributed by atoms with van der Waals surface area (Å²) in [5.74, 6) is -1.55. The van der Waals surface area contributed by atoms with Gasteiger partial charge in [-0.25, -0.2) is 4.79 Å². The fourth-order valence-corrected chi connectivity index (χ4v) is 2.35. The molecule has 0 fully saturated rings. The Balaban J connectivity index is 2.19. The highest BCUT2D eigenvalue weighted by atomic mass is 16.4. The van der Waals surface area contributed by atoms with Crippen molar-refractivity contribution in [2.45, 2.75) is 25.3 Å². The number of anilines is 1. The number of amides is 1. The van der Waals surface area contributed by atoms with Crippen LogP contribution in [0.2, 0.25) is 0 Å². The minimum Gasteiger partial charge on any atom is -0.480 e. The fourth-order valence-electron chi connectivity index (χ4n) is 2.35. The Kier molecular flexibility index (Phi) is 4.57. The Morgan fingerprint density at radius 1 is 1.40 bits per heavy atom. The molecule has 0 aromatic heterocycles. The molecule has 0 unspecified atom stereocenters. The molecule has 1 aliphatic heterocycles. The van der Waals surface area contributed by atoms with Crippen LogP contribution in [-0.2, 0) is 11.2 Å². The highest BCUT2D eigenvalue weighted by Gasteiger charge is 2.23. The molecule has 20 heavy (non-hydrogen) atoms. The SMILES string of the molecule is O=C(N[C@H](CCO)C(=O)O)c1cccc2c1CCCN2. The van der Waals surface area contributed by atoms with Crippen LogP contribution >= 0.6 is 0 Å². The van der Waals surface area contributed by atoms with Crippen LogP contribution in [-0.4, -0.2) is 41.3 Å². The van der Waals surface area contributed by atoms with Gasteiger partial charge in [-0.15, -0.1) is 0 Å². The Morgan fingerprint density at radius 3 is 2.90 bits per heavy atom. The van der Waals surface area contributed by atoms with Crippen LogP contribution < -0.4 is 10.6 Å². The zero-order chi connectivity index (χ0) is 14.5. The average Bonchev–Trinajstić information content (AvgIpc) is 2.46. The van der Waals surface area contributed by atoms with E-state index in [0.29, 0.717) is 5.56 Å². The van der Waals surface area contributed by atoms with E-state index in [1.807, 2.05) is 6.07 Å². The minimum absolute atomic E-state index is 0.00561. The van der Waals surface area contributed by atoms with Crippen molar-refractivity contribution < 1.29 is 19.8 Å². The van der Waals surface area contributed by atoms with Gasteiger partial charge >= 0.3 is 5.97 Å². The third-order valence-corrected chi connectivity index (χ3v) is 3.36. The number of nitrogens with one attached hydrogen (secondary N) is 2. The van der Waals surface area contributed by atoms with Crippen molar-refractivity contribution in [2.75, 3.05) is 18.5 Å². The van der Waals surface area contributed by atoms with Crippen LogP contribution in [0.25, 0.3) is 0 Å². The largest absolute Gasteiger partial charge is 0.480 e. The summed E-state index contributed by atoms with van der Waals surface area (Å²) in [4.78, 5) is 23.2. The normalized spacial score (nSPS) is 14.8. The quantitative estimate of drug-likeness (QED) is 0.632. The van der Waals surface area contributed by atoms with Crippen LogP contribution in [0.5, 0.6) is 0 Å². The van der Waals surface area contributed by atoms with Gasteiger partial charge in [0, 0.05) is 30.8 Å². The molecule has 0 bridgehead atoms. The number of hydrogen-bond donors (Lipinski definition) is 4. The third kappa shape index (κ3) is 3.08. The second-order valence-electron chi connectivity index (χ2n) is 4.74. The maximum absolute atomic E-state index is 12.2. The highest BCUT2D eigenvalue weighted by Crippen LogP contribution is 2.25. The summed E-state index contributed by atoms with van der Waals surface area (Å²) >= 11 is 0. The zero-order valence-electron chi connectivity index (χ0n) is 11.1. The van der Waals surface area contributed by atoms with E-state index in [9.17, 15) is 9.59 Å². The number of benzene rings is 1. The lowest BCUT2D eigenvalue weighted by molar-refractivity contribution is -0.139. The second kappa shape index (κ2) is 6.38. The number of aliphatic hydroxyl groups excluding tert-OH is 1. The molecule has 108 valence electrons. The van der Waals surface area contributed by atoms with E-state index in [0.717, 1.165) is 30.6 Å². The van der Waals surface area contributed by atoms with E-state index in [2.05, 4.69) is 10.6 Å². The lowest BCUT2D eigenvalue weighted by Crippen LogP contribution is -2.41. The zero-order valence-corrected chi connectivity index (χ0v) is 11.1. The van der Waals surface area contributed by atoms with E-state index >= 15 is 0 Å². The summed E-state index contributed by atoms with van der Waals surface area (Å²) in [5.41, 5.74) is 2.35. The number of carbonyl (C=O) groups excluding carboxylic acids is 1. The van der Waals surface area contributed by atoms with Gasteiger partial charge in [0.2, 0.25) is 0 Å². The Hall–Kier alpha value is -2.08. The number of aliphatic carboxylic acids is 1. The maximum Gasteiger partial charge on any atom is 0.326 e. The molecule has 4 N–H and O–H groups in total. The lowest BCUT2D eigenvalue weighted by atomic mass is 9.97. The minimum atomic E-state index is -1.14. The lowest BCUT2D eigenvalue weighted by Gasteiger charge is -2.21. The molecule has 1 aromatic carbocycles. The summed E-state index contributed by atoms with van der Waals surface area (Å²) < 4.78 is 0. The molecule has 1 amide bonds. The van der Waals surface area contributed by atoms with Crippen LogP contribution in [0, 0.1) is 0 Å². The summed E-state index contributed by atoms with van der Waals surface area (Å²) in [5, 5.41) is 23.5. The third-order valence-electron chi connectivity index (χ3n) is 3.36. The summed E-state index contributed by atoms with van der Waals surface area (Å²) in [6.07, 6.45) is 1.73. The smallest absolute Gasteiger partial charge is 0.326 e. The van der Waals surface area contributed by atoms with Gasteiger partial charge in [-0.3, -0.25) is 4.79 Å². The number of carboxylic acid groups (broad SMARTS) is 1. The molecule has 6 heteroatoms. The molecular weight excluding hydrogens is 260 g/mol. The van der Waals surface area contributed by atoms with Crippen LogP contribution in [0.3, 0.4) is 0 Å². The number of fused-ring (bicyclic) bond motifs is 1. The summed E-state index contributed by atoms with van der Waals surface area (Å²) in [7, 11) is 0. The molecule has 1 heterocycles. The molecule has 1 aromatic rings. The van der Waals surface area contributed by atoms with E-state index in [4.69, 9.17) is 10.2 Å². The van der Waals surface area contributed by atoms with Crippen molar-refractivity contribution in [2.24, 2.45) is 0 Å².